The smallest absolute Gasteiger partial charge is 0.0652 e. The first-order chi connectivity index (χ1) is 44.6. The minimum Gasteiger partial charge on any atom is -0.309 e. The molecule has 1 heterocycles. The van der Waals surface area contributed by atoms with Gasteiger partial charge in [-0.2, -0.15) is 0 Å². The zero-order valence-corrected chi connectivity index (χ0v) is 32.2. The second-order valence-corrected chi connectivity index (χ2v) is 14.6. The molecule has 1 unspecified atom stereocenters. The molecular weight excluding hydrogens is 759 g/mol. The maximum atomic E-state index is 10.1. The quantitative estimate of drug-likeness (QED) is 0.157. The minimum atomic E-state index is -1.66. The summed E-state index contributed by atoms with van der Waals surface area (Å²) in [7, 11) is 0. The van der Waals surface area contributed by atoms with Crippen molar-refractivity contribution in [2.45, 2.75) is 12.3 Å². The minimum absolute atomic E-state index is 0.00811. The number of benzene rings is 10. The first-order valence-corrected chi connectivity index (χ1v) is 19.5. The lowest BCUT2D eigenvalue weighted by atomic mass is 9.84. The van der Waals surface area contributed by atoms with Crippen molar-refractivity contribution in [1.29, 1.82) is 0 Å². The normalized spacial score (nSPS) is 20.6. The van der Waals surface area contributed by atoms with Crippen molar-refractivity contribution < 1.29 is 43.9 Å². The summed E-state index contributed by atoms with van der Waals surface area (Å²) in [5, 5.41) is -0.450. The van der Waals surface area contributed by atoms with Gasteiger partial charge >= 0.3 is 0 Å². The number of hydrogen-bond acceptors (Lipinski definition) is 0. The summed E-state index contributed by atoms with van der Waals surface area (Å²) >= 11 is 0. The lowest BCUT2D eigenvalue weighted by molar-refractivity contribution is 0.987. The van der Waals surface area contributed by atoms with E-state index in [0.717, 1.165) is 6.07 Å². The number of para-hydroxylation sites is 2. The van der Waals surface area contributed by atoms with Crippen molar-refractivity contribution in [2.75, 3.05) is 0 Å². The molecule has 63 heavy (non-hydrogen) atoms. The highest BCUT2D eigenvalue weighted by Gasteiger charge is 2.34. The molecule has 1 nitrogen and oxygen atoms in total. The van der Waals surface area contributed by atoms with Gasteiger partial charge in [-0.1, -0.05) is 187 Å². The average molecular weight is 832 g/mol. The number of nitrogens with zero attached hydrogens (tertiary/aromatic N) is 1. The van der Waals surface area contributed by atoms with E-state index < -0.39 is 256 Å². The molecular formula is C62H41N. The van der Waals surface area contributed by atoms with Crippen LogP contribution < -0.4 is 0 Å². The van der Waals surface area contributed by atoms with Crippen molar-refractivity contribution in [1.82, 2.24) is 4.57 Å². The Kier molecular flexibility index (Phi) is 3.71. The fourth-order valence-electron chi connectivity index (χ4n) is 8.38. The maximum absolute atomic E-state index is 10.1. The number of fused-ring (bicyclic) bond motifs is 9. The van der Waals surface area contributed by atoms with Crippen molar-refractivity contribution in [3.8, 4) is 72.4 Å². The zero-order chi connectivity index (χ0) is 69.3. The van der Waals surface area contributed by atoms with Crippen LogP contribution in [-0.4, -0.2) is 4.57 Å². The lowest BCUT2D eigenvalue weighted by Gasteiger charge is -2.19. The number of aromatic nitrogens is 1. The van der Waals surface area contributed by atoms with Crippen molar-refractivity contribution >= 4 is 21.8 Å². The third-order valence-electron chi connectivity index (χ3n) is 11.2. The molecule has 0 aliphatic heterocycles. The van der Waals surface area contributed by atoms with Gasteiger partial charge in [0, 0.05) is 22.4 Å². The lowest BCUT2D eigenvalue weighted by Crippen LogP contribution is -2.03. The topological polar surface area (TPSA) is 4.93 Å². The van der Waals surface area contributed by atoms with Gasteiger partial charge in [-0.15, -0.1) is 0 Å². The summed E-state index contributed by atoms with van der Waals surface area (Å²) in [5.41, 5.74) is -8.22. The van der Waals surface area contributed by atoms with Gasteiger partial charge in [-0.3, -0.25) is 0 Å². The van der Waals surface area contributed by atoms with Crippen LogP contribution >= 0.6 is 0 Å². The molecule has 11 aromatic rings. The summed E-state index contributed by atoms with van der Waals surface area (Å²) in [6.07, 6.45) is -0.470. The second-order valence-electron chi connectivity index (χ2n) is 14.6. The fraction of sp³-hybridized carbons (Fsp3) is 0.0323. The molecule has 1 aromatic heterocycles. The van der Waals surface area contributed by atoms with Gasteiger partial charge in [-0.05, 0) is 143 Å². The van der Waals surface area contributed by atoms with Gasteiger partial charge in [0.15, 0.2) is 0 Å². The molecule has 0 saturated heterocycles. The summed E-state index contributed by atoms with van der Waals surface area (Å²) in [4.78, 5) is 0. The highest BCUT2D eigenvalue weighted by atomic mass is 15.0. The molecule has 0 saturated carbocycles. The van der Waals surface area contributed by atoms with Gasteiger partial charge in [0.25, 0.3) is 0 Å². The first kappa shape index (κ1) is 16.4. The van der Waals surface area contributed by atoms with Crippen LogP contribution in [0.1, 0.15) is 77.6 Å². The Balaban J connectivity index is 1.04. The summed E-state index contributed by atoms with van der Waals surface area (Å²) in [5.74, 6) is -1.66. The Morgan fingerprint density at radius 1 is 0.365 bits per heavy atom. The van der Waals surface area contributed by atoms with Crippen LogP contribution in [0.5, 0.6) is 0 Å². The average Bonchev–Trinajstić information content (AvgIpc) is 1.57. The van der Waals surface area contributed by atoms with E-state index in [1.807, 2.05) is 0 Å². The van der Waals surface area contributed by atoms with Crippen LogP contribution in [0.2, 0.25) is 0 Å². The molecule has 1 heteroatoms. The van der Waals surface area contributed by atoms with E-state index in [9.17, 15) is 24.7 Å². The number of rotatable bonds is 6. The van der Waals surface area contributed by atoms with Crippen LogP contribution in [0, 0.1) is 0 Å². The molecule has 0 radical (unpaired) electrons. The highest BCUT2D eigenvalue weighted by Crippen LogP contribution is 2.52. The van der Waals surface area contributed by atoms with Crippen LogP contribution in [-0.2, 0) is 6.42 Å². The van der Waals surface area contributed by atoms with Gasteiger partial charge in [0.05, 0.1) is 54.9 Å². The zero-order valence-electron chi connectivity index (χ0n) is 64.2. The van der Waals surface area contributed by atoms with E-state index in [2.05, 4.69) is 0 Å². The van der Waals surface area contributed by atoms with Crippen molar-refractivity contribution in [3.63, 3.8) is 0 Å². The molecule has 0 N–H and O–H groups in total. The Morgan fingerprint density at radius 2 is 0.952 bits per heavy atom. The maximum Gasteiger partial charge on any atom is 0.0652 e. The monoisotopic (exact) mass is 832 g/mol. The predicted octanol–water partition coefficient (Wildman–Crippen LogP) is 16.2. The largest absolute Gasteiger partial charge is 0.309 e. The van der Waals surface area contributed by atoms with E-state index >= 15 is 0 Å². The second kappa shape index (κ2) is 14.3. The van der Waals surface area contributed by atoms with Crippen LogP contribution in [0.25, 0.3) is 94.3 Å². The molecule has 13 rings (SSSR count). The predicted molar refractivity (Wildman–Crippen MR) is 264 cm³/mol. The summed E-state index contributed by atoms with van der Waals surface area (Å²) in [6, 6.07) is -16.8. The third-order valence-corrected chi connectivity index (χ3v) is 11.2. The van der Waals surface area contributed by atoms with Crippen molar-refractivity contribution in [2.24, 2.45) is 0 Å². The molecule has 2 aliphatic rings. The van der Waals surface area contributed by atoms with E-state index in [4.69, 9.17) is 19.2 Å². The van der Waals surface area contributed by atoms with Crippen molar-refractivity contribution in [3.05, 3.63) is 258 Å². The molecule has 0 spiro atoms. The molecule has 1 atom stereocenters. The molecule has 10 aromatic carbocycles. The molecule has 0 bridgehead atoms. The first-order valence-electron chi connectivity index (χ1n) is 35.5. The van der Waals surface area contributed by atoms with E-state index in [1.165, 1.54) is 4.57 Å². The summed E-state index contributed by atoms with van der Waals surface area (Å²) in [6.45, 7) is 0. The van der Waals surface area contributed by atoms with Gasteiger partial charge in [0.1, 0.15) is 0 Å². The SMILES string of the molecule is [2H]c1cc(C2c3c([2H])c([2H])c([2H])c([2H])c3-c3c([2H])c(-c4c([2H])c([2H])c5c6c([2H])c([2H])c([2H])c([2H])c6n(-c6ccccc6)c5c4[2H])c([2H])c([2H])c32)c2c(c1[2H])-c1c([2H])c(-c3c([2H])c([2H])c(-c4c([2H])c([2H])c([2H])c(-c5c([2H])c([2H])c([2H])c([2H])c5[2H])c4[2H])c([2H])c3[2H])c([2H])c([2H])c1C2. The molecule has 0 fully saturated rings. The van der Waals surface area contributed by atoms with Crippen LogP contribution in [0.4, 0.5) is 0 Å². The summed E-state index contributed by atoms with van der Waals surface area (Å²) < 4.78 is 294. The standard InChI is InChI=1S/C62H41N/c1-3-13-40(14-4-1)43-15-11-16-44(35-43)41-25-27-42(28-26-41)45-29-30-48-38-59-51(57(48)36-45)22-12-23-55(59)62-54-21-8-7-19-50(54)58-37-46(32-34-56(58)62)47-31-33-53-52-20-9-10-24-60(52)63(61(53)39-47)49-17-5-2-6-18-49/h1-37,39,62H,38H2/i1D,3D,4D,7D,8D,9D,10D,11D,12D,13D,14D,15D,16D,19D,20D,21D,22D,24D,25D,26D,27D,28D,29D,30D,31D,32D,33D,34D,35D,36D,37D,39D. The van der Waals surface area contributed by atoms with Gasteiger partial charge < -0.3 is 4.57 Å². The molecule has 0 amide bonds. The Morgan fingerprint density at radius 3 is 1.79 bits per heavy atom. The van der Waals surface area contributed by atoms with E-state index in [-0.39, 0.29) is 72.0 Å². The van der Waals surface area contributed by atoms with Gasteiger partial charge in [0.2, 0.25) is 0 Å². The van der Waals surface area contributed by atoms with Crippen LogP contribution in [0.3, 0.4) is 0 Å². The third kappa shape index (κ3) is 5.78. The number of hydrogen-bond donors (Lipinski definition) is 0. The molecule has 294 valence electrons. The van der Waals surface area contributed by atoms with E-state index in [0.29, 0.717) is 0 Å². The van der Waals surface area contributed by atoms with Crippen LogP contribution in [0.15, 0.2) is 230 Å². The Hall–Kier alpha value is -8.00. The Labute approximate surface area is 412 Å². The molecule has 2 aliphatic carbocycles. The van der Waals surface area contributed by atoms with E-state index in [1.54, 1.807) is 30.3 Å². The Bertz CT molecular complexity index is 5420. The fourth-order valence-corrected chi connectivity index (χ4v) is 8.38. The van der Waals surface area contributed by atoms with Gasteiger partial charge in [-0.25, -0.2) is 0 Å². The highest BCUT2D eigenvalue weighted by molar-refractivity contribution is 6.10.